The molecule has 0 spiro atoms. The van der Waals surface area contributed by atoms with Gasteiger partial charge < -0.3 is 5.32 Å². The molecule has 1 N–H and O–H groups in total. The molecule has 9 heteroatoms. The van der Waals surface area contributed by atoms with Crippen LogP contribution in [0.4, 0.5) is 5.69 Å². The topological polar surface area (TPSA) is 85.6 Å². The average molecular weight is 363 g/mol. The van der Waals surface area contributed by atoms with Crippen LogP contribution in [0.15, 0.2) is 30.5 Å². The van der Waals surface area contributed by atoms with Crippen LogP contribution in [-0.2, 0) is 0 Å². The molecule has 0 radical (unpaired) electrons. The Labute approximate surface area is 147 Å². The Morgan fingerprint density at radius 1 is 1.21 bits per heavy atom. The van der Waals surface area contributed by atoms with E-state index in [2.05, 4.69) is 25.8 Å². The summed E-state index contributed by atoms with van der Waals surface area (Å²) in [5, 5.41) is 14.6. The highest BCUT2D eigenvalue weighted by atomic mass is 35.5. The van der Waals surface area contributed by atoms with Crippen LogP contribution >= 0.6 is 23.2 Å². The maximum Gasteiger partial charge on any atom is 0.257 e. The highest BCUT2D eigenvalue weighted by molar-refractivity contribution is 6.41. The zero-order chi connectivity index (χ0) is 17.3. The van der Waals surface area contributed by atoms with Gasteiger partial charge in [0.15, 0.2) is 5.82 Å². The number of tetrazole rings is 1. The summed E-state index contributed by atoms with van der Waals surface area (Å²) >= 11 is 11.7. The Kier molecular flexibility index (Phi) is 4.46. The van der Waals surface area contributed by atoms with Crippen LogP contribution in [0.1, 0.15) is 21.7 Å². The molecule has 0 saturated carbocycles. The number of aromatic nitrogens is 5. The number of halogens is 2. The van der Waals surface area contributed by atoms with Crippen molar-refractivity contribution in [2.45, 2.75) is 13.8 Å². The molecule has 1 amide bonds. The van der Waals surface area contributed by atoms with Crippen LogP contribution in [-0.4, -0.2) is 31.1 Å². The lowest BCUT2D eigenvalue weighted by Gasteiger charge is -2.10. The van der Waals surface area contributed by atoms with Gasteiger partial charge >= 0.3 is 0 Å². The molecule has 2 aromatic heterocycles. The van der Waals surface area contributed by atoms with Crippen LogP contribution in [0.2, 0.25) is 10.2 Å². The number of rotatable bonds is 3. The summed E-state index contributed by atoms with van der Waals surface area (Å²) in [5.41, 5.74) is 2.66. The second-order valence-corrected chi connectivity index (χ2v) is 5.86. The number of nitrogens with one attached hydrogen (secondary N) is 1. The van der Waals surface area contributed by atoms with Gasteiger partial charge in [0.05, 0.1) is 16.3 Å². The maximum atomic E-state index is 12.3. The summed E-state index contributed by atoms with van der Waals surface area (Å²) in [5.74, 6) is 0.305. The summed E-state index contributed by atoms with van der Waals surface area (Å²) in [6.07, 6.45) is 1.37. The molecule has 0 atom stereocenters. The fourth-order valence-electron chi connectivity index (χ4n) is 2.12. The number of hydrogen-bond donors (Lipinski definition) is 1. The van der Waals surface area contributed by atoms with E-state index in [1.807, 2.05) is 13.0 Å². The number of carbonyl (C=O) groups is 1. The summed E-state index contributed by atoms with van der Waals surface area (Å²) in [7, 11) is 0. The van der Waals surface area contributed by atoms with Crippen molar-refractivity contribution in [2.75, 3.05) is 5.32 Å². The molecule has 0 fully saturated rings. The third-order valence-corrected chi connectivity index (χ3v) is 4.07. The standard InChI is InChI=1S/C15H12Cl2N6O/c1-8-3-4-11(6-13(8)23-9(2)20-21-22-23)19-15(24)10-5-12(16)14(17)18-7-10/h3-7H,1-2H3,(H,19,24). The number of amides is 1. The van der Waals surface area contributed by atoms with Crippen LogP contribution in [0.3, 0.4) is 0 Å². The molecule has 0 unspecified atom stereocenters. The molecule has 122 valence electrons. The van der Waals surface area contributed by atoms with E-state index in [-0.39, 0.29) is 16.1 Å². The number of benzene rings is 1. The lowest BCUT2D eigenvalue weighted by Crippen LogP contribution is -2.13. The predicted molar refractivity (Wildman–Crippen MR) is 90.8 cm³/mol. The summed E-state index contributed by atoms with van der Waals surface area (Å²) in [6.45, 7) is 3.73. The predicted octanol–water partition coefficient (Wildman–Crippen LogP) is 3.23. The second kappa shape index (κ2) is 6.54. The van der Waals surface area contributed by atoms with Gasteiger partial charge in [-0.15, -0.1) is 5.10 Å². The first-order chi connectivity index (χ1) is 11.5. The third kappa shape index (κ3) is 3.22. The monoisotopic (exact) mass is 362 g/mol. The van der Waals surface area contributed by atoms with E-state index in [1.165, 1.54) is 12.3 Å². The molecule has 3 rings (SSSR count). The summed E-state index contributed by atoms with van der Waals surface area (Å²) in [6, 6.07) is 6.93. The van der Waals surface area contributed by atoms with Crippen molar-refractivity contribution < 1.29 is 4.79 Å². The quantitative estimate of drug-likeness (QED) is 0.722. The molecule has 0 aliphatic carbocycles. The molecular formula is C15H12Cl2N6O. The van der Waals surface area contributed by atoms with Gasteiger partial charge in [-0.1, -0.05) is 29.3 Å². The smallest absolute Gasteiger partial charge is 0.257 e. The number of nitrogens with zero attached hydrogens (tertiary/aromatic N) is 5. The van der Waals surface area contributed by atoms with Crippen molar-refractivity contribution in [3.63, 3.8) is 0 Å². The molecule has 0 aliphatic heterocycles. The van der Waals surface area contributed by atoms with E-state index in [4.69, 9.17) is 23.2 Å². The average Bonchev–Trinajstić information content (AvgIpc) is 2.97. The van der Waals surface area contributed by atoms with Crippen LogP contribution < -0.4 is 5.32 Å². The van der Waals surface area contributed by atoms with Crippen molar-refractivity contribution in [3.8, 4) is 5.69 Å². The molecule has 24 heavy (non-hydrogen) atoms. The minimum Gasteiger partial charge on any atom is -0.322 e. The molecule has 0 aliphatic rings. The Morgan fingerprint density at radius 2 is 2.00 bits per heavy atom. The molecule has 0 saturated heterocycles. The zero-order valence-electron chi connectivity index (χ0n) is 12.8. The van der Waals surface area contributed by atoms with Crippen LogP contribution in [0, 0.1) is 13.8 Å². The normalized spacial score (nSPS) is 10.7. The lowest BCUT2D eigenvalue weighted by atomic mass is 10.1. The number of carbonyl (C=O) groups excluding carboxylic acids is 1. The number of aryl methyl sites for hydroxylation is 2. The van der Waals surface area contributed by atoms with E-state index in [0.717, 1.165) is 11.3 Å². The number of hydrogen-bond acceptors (Lipinski definition) is 5. The highest BCUT2D eigenvalue weighted by Crippen LogP contribution is 2.22. The van der Waals surface area contributed by atoms with Gasteiger partial charge in [-0.2, -0.15) is 4.68 Å². The fourth-order valence-corrected chi connectivity index (χ4v) is 2.39. The summed E-state index contributed by atoms with van der Waals surface area (Å²) in [4.78, 5) is 16.2. The van der Waals surface area contributed by atoms with E-state index < -0.39 is 0 Å². The maximum absolute atomic E-state index is 12.3. The van der Waals surface area contributed by atoms with Crippen molar-refractivity contribution in [2.24, 2.45) is 0 Å². The first-order valence-electron chi connectivity index (χ1n) is 6.94. The van der Waals surface area contributed by atoms with E-state index in [0.29, 0.717) is 17.1 Å². The van der Waals surface area contributed by atoms with Gasteiger partial charge in [-0.3, -0.25) is 4.79 Å². The highest BCUT2D eigenvalue weighted by Gasteiger charge is 2.12. The Balaban J connectivity index is 1.89. The Morgan fingerprint density at radius 3 is 2.67 bits per heavy atom. The van der Waals surface area contributed by atoms with E-state index in [9.17, 15) is 4.79 Å². The lowest BCUT2D eigenvalue weighted by molar-refractivity contribution is 0.102. The van der Waals surface area contributed by atoms with Crippen molar-refractivity contribution in [3.05, 3.63) is 57.6 Å². The van der Waals surface area contributed by atoms with Crippen LogP contribution in [0.5, 0.6) is 0 Å². The molecular weight excluding hydrogens is 351 g/mol. The summed E-state index contributed by atoms with van der Waals surface area (Å²) < 4.78 is 1.60. The van der Waals surface area contributed by atoms with Gasteiger partial charge in [-0.25, -0.2) is 4.98 Å². The van der Waals surface area contributed by atoms with Crippen LogP contribution in [0.25, 0.3) is 5.69 Å². The minimum atomic E-state index is -0.343. The van der Waals surface area contributed by atoms with Crippen molar-refractivity contribution in [1.29, 1.82) is 0 Å². The largest absolute Gasteiger partial charge is 0.322 e. The molecule has 7 nitrogen and oxygen atoms in total. The zero-order valence-corrected chi connectivity index (χ0v) is 14.3. The van der Waals surface area contributed by atoms with Crippen molar-refractivity contribution in [1.82, 2.24) is 25.2 Å². The Bertz CT molecular complexity index is 924. The SMILES string of the molecule is Cc1ccc(NC(=O)c2cnc(Cl)c(Cl)c2)cc1-n1nnnc1C. The van der Waals surface area contributed by atoms with E-state index in [1.54, 1.807) is 23.7 Å². The first-order valence-corrected chi connectivity index (χ1v) is 7.69. The first kappa shape index (κ1) is 16.4. The molecule has 2 heterocycles. The Hall–Kier alpha value is -2.51. The van der Waals surface area contributed by atoms with Crippen molar-refractivity contribution >= 4 is 34.8 Å². The molecule has 1 aromatic carbocycles. The van der Waals surface area contributed by atoms with E-state index >= 15 is 0 Å². The fraction of sp³-hybridized carbons (Fsp3) is 0.133. The number of anilines is 1. The molecule has 0 bridgehead atoms. The van der Waals surface area contributed by atoms with Gasteiger partial charge in [-0.05, 0) is 48.0 Å². The van der Waals surface area contributed by atoms with Gasteiger partial charge in [0, 0.05) is 11.9 Å². The van der Waals surface area contributed by atoms with Gasteiger partial charge in [0.2, 0.25) is 0 Å². The number of pyridine rings is 1. The minimum absolute atomic E-state index is 0.153. The van der Waals surface area contributed by atoms with Gasteiger partial charge in [0.25, 0.3) is 5.91 Å². The third-order valence-electron chi connectivity index (χ3n) is 3.38. The van der Waals surface area contributed by atoms with Gasteiger partial charge in [0.1, 0.15) is 5.15 Å². The molecule has 3 aromatic rings. The second-order valence-electron chi connectivity index (χ2n) is 5.09.